The summed E-state index contributed by atoms with van der Waals surface area (Å²) in [5.41, 5.74) is 13.7. The van der Waals surface area contributed by atoms with Gasteiger partial charge in [0.25, 0.3) is 0 Å². The van der Waals surface area contributed by atoms with E-state index in [-0.39, 0.29) is 24.5 Å². The van der Waals surface area contributed by atoms with Crippen LogP contribution in [0, 0.1) is 6.92 Å². The van der Waals surface area contributed by atoms with Gasteiger partial charge in [-0.15, -0.1) is 0 Å². The molecule has 12 nitrogen and oxygen atoms in total. The quantitative estimate of drug-likeness (QED) is 0.0134. The van der Waals surface area contributed by atoms with Gasteiger partial charge in [-0.05, 0) is 129 Å². The Kier molecular flexibility index (Phi) is 17.2. The van der Waals surface area contributed by atoms with Crippen LogP contribution in [0.15, 0.2) is 125 Å². The summed E-state index contributed by atoms with van der Waals surface area (Å²) in [6.07, 6.45) is 7.22. The first-order valence-electron chi connectivity index (χ1n) is 18.9. The maximum Gasteiger partial charge on any atom is 0.341 e. The van der Waals surface area contributed by atoms with Crippen LogP contribution < -0.4 is 10.9 Å². The lowest BCUT2D eigenvalue weighted by Crippen LogP contribution is -2.09. The number of aliphatic imine (C=N–C) groups is 1. The smallest absolute Gasteiger partial charge is 0.341 e. The summed E-state index contributed by atoms with van der Waals surface area (Å²) in [6, 6.07) is 26.2. The zero-order valence-corrected chi connectivity index (χ0v) is 32.8. The number of benzene rings is 4. The number of aromatic hydroxyl groups is 1. The first kappa shape index (κ1) is 43.2. The molecule has 3 N–H and O–H groups in total. The number of ether oxygens (including phenoxy) is 3. The predicted octanol–water partition coefficient (Wildman–Crippen LogP) is 10.6. The Hall–Kier alpha value is -6.56. The lowest BCUT2D eigenvalue weighted by Gasteiger charge is -2.16. The van der Waals surface area contributed by atoms with Crippen molar-refractivity contribution < 1.29 is 33.7 Å². The number of anilines is 2. The Morgan fingerprint density at radius 3 is 2.09 bits per heavy atom. The number of nitrogens with one attached hydrogen (secondary N) is 2. The lowest BCUT2D eigenvalue weighted by molar-refractivity contribution is -0.139. The maximum absolute atomic E-state index is 12.4. The highest BCUT2D eigenvalue weighted by molar-refractivity contribution is 5.92. The minimum Gasteiger partial charge on any atom is -0.507 e. The van der Waals surface area contributed by atoms with Crippen molar-refractivity contribution in [3.05, 3.63) is 132 Å². The van der Waals surface area contributed by atoms with Crippen molar-refractivity contribution in [2.75, 3.05) is 30.7 Å². The molecule has 1 atom stereocenters. The molecular weight excluding hydrogens is 723 g/mol. The molecule has 0 saturated heterocycles. The van der Waals surface area contributed by atoms with Gasteiger partial charge in [0.1, 0.15) is 11.3 Å². The Morgan fingerprint density at radius 2 is 1.46 bits per heavy atom. The minimum atomic E-state index is -0.622. The van der Waals surface area contributed by atoms with Crippen LogP contribution in [0.25, 0.3) is 0 Å². The highest BCUT2D eigenvalue weighted by Gasteiger charge is 2.14. The van der Waals surface area contributed by atoms with E-state index in [0.29, 0.717) is 43.0 Å². The highest BCUT2D eigenvalue weighted by atomic mass is 16.5. The van der Waals surface area contributed by atoms with Gasteiger partial charge in [-0.3, -0.25) is 4.99 Å². The van der Waals surface area contributed by atoms with Crippen molar-refractivity contribution in [2.45, 2.75) is 65.2 Å². The van der Waals surface area contributed by atoms with Crippen LogP contribution in [0.3, 0.4) is 0 Å². The highest BCUT2D eigenvalue weighted by Crippen LogP contribution is 2.29. The van der Waals surface area contributed by atoms with Gasteiger partial charge in [-0.1, -0.05) is 44.7 Å². The Morgan fingerprint density at radius 1 is 0.807 bits per heavy atom. The number of unbranched alkanes of at least 4 members (excludes halogenated alkanes) is 1. The SMILES string of the molecule is C=CC(=O)OCC[C@H](CCC)c1ccc(/N=N/c2ccc(NNc3ccc(/N=C\Cc4ccc(C(=O)OCCCCOC(=O)C(=C)C)c(O)c4)c(C)c3)cc2)cc1. The number of hydrogen-bond acceptors (Lipinski definition) is 12. The fraction of sp³-hybridized carbons (Fsp3) is 0.289. The van der Waals surface area contributed by atoms with E-state index in [4.69, 9.17) is 14.2 Å². The number of carbonyl (C=O) groups excluding carboxylic acids is 3. The van der Waals surface area contributed by atoms with Crippen molar-refractivity contribution in [3.8, 4) is 5.75 Å². The molecule has 0 fully saturated rings. The van der Waals surface area contributed by atoms with Gasteiger partial charge in [-0.25, -0.2) is 14.4 Å². The van der Waals surface area contributed by atoms with E-state index in [0.717, 1.165) is 53.1 Å². The molecule has 4 rings (SSSR count). The molecule has 12 heteroatoms. The molecule has 0 spiro atoms. The van der Waals surface area contributed by atoms with Crippen molar-refractivity contribution in [1.82, 2.24) is 0 Å². The van der Waals surface area contributed by atoms with E-state index in [9.17, 15) is 19.5 Å². The summed E-state index contributed by atoms with van der Waals surface area (Å²) in [5, 5.41) is 19.2. The molecule has 0 saturated carbocycles. The molecule has 0 aliphatic rings. The predicted molar refractivity (Wildman–Crippen MR) is 224 cm³/mol. The third kappa shape index (κ3) is 14.6. The molecule has 0 amide bonds. The molecule has 4 aromatic rings. The van der Waals surface area contributed by atoms with Crippen LogP contribution in [0.2, 0.25) is 0 Å². The molecule has 4 aromatic carbocycles. The number of carbonyl (C=O) groups is 3. The van der Waals surface area contributed by atoms with E-state index in [1.54, 1.807) is 19.2 Å². The van der Waals surface area contributed by atoms with Crippen molar-refractivity contribution >= 4 is 52.6 Å². The average Bonchev–Trinajstić information content (AvgIpc) is 3.21. The number of aryl methyl sites for hydroxylation is 1. The van der Waals surface area contributed by atoms with Gasteiger partial charge in [0.05, 0.1) is 48.3 Å². The van der Waals surface area contributed by atoms with Crippen LogP contribution in [0.4, 0.5) is 28.4 Å². The topological polar surface area (TPSA) is 160 Å². The molecule has 0 aliphatic heterocycles. The molecular formula is C45H51N5O7. The third-order valence-corrected chi connectivity index (χ3v) is 8.77. The van der Waals surface area contributed by atoms with E-state index >= 15 is 0 Å². The largest absolute Gasteiger partial charge is 0.507 e. The summed E-state index contributed by atoms with van der Waals surface area (Å²) in [4.78, 5) is 39.8. The van der Waals surface area contributed by atoms with Crippen LogP contribution in [-0.2, 0) is 30.2 Å². The minimum absolute atomic E-state index is 0.0804. The molecule has 57 heavy (non-hydrogen) atoms. The molecule has 0 radical (unpaired) electrons. The monoisotopic (exact) mass is 773 g/mol. The first-order chi connectivity index (χ1) is 27.6. The summed E-state index contributed by atoms with van der Waals surface area (Å²) in [5.74, 6) is -1.34. The van der Waals surface area contributed by atoms with Crippen molar-refractivity contribution in [1.29, 1.82) is 0 Å². The van der Waals surface area contributed by atoms with Gasteiger partial charge in [0, 0.05) is 24.3 Å². The number of hydrogen-bond donors (Lipinski definition) is 3. The third-order valence-electron chi connectivity index (χ3n) is 8.77. The normalized spacial score (nSPS) is 11.6. The second-order valence-corrected chi connectivity index (χ2v) is 13.4. The van der Waals surface area contributed by atoms with Crippen LogP contribution in [0.5, 0.6) is 5.75 Å². The Bertz CT molecular complexity index is 2040. The van der Waals surface area contributed by atoms with Gasteiger partial charge in [0.2, 0.25) is 0 Å². The molecule has 0 aromatic heterocycles. The van der Waals surface area contributed by atoms with Crippen LogP contribution in [0.1, 0.15) is 78.9 Å². The summed E-state index contributed by atoms with van der Waals surface area (Å²) in [7, 11) is 0. The van der Waals surface area contributed by atoms with Gasteiger partial charge < -0.3 is 30.2 Å². The summed E-state index contributed by atoms with van der Waals surface area (Å²) < 4.78 is 15.4. The molecule has 0 bridgehead atoms. The Labute approximate surface area is 334 Å². The number of rotatable bonds is 22. The molecule has 298 valence electrons. The van der Waals surface area contributed by atoms with E-state index in [1.165, 1.54) is 23.8 Å². The van der Waals surface area contributed by atoms with Gasteiger partial charge >= 0.3 is 17.9 Å². The number of phenolic OH excluding ortho intramolecular Hbond substituents is 1. The van der Waals surface area contributed by atoms with Crippen LogP contribution >= 0.6 is 0 Å². The molecule has 0 heterocycles. The second-order valence-electron chi connectivity index (χ2n) is 13.4. The van der Waals surface area contributed by atoms with E-state index in [1.807, 2.05) is 61.5 Å². The number of nitrogens with zero attached hydrogens (tertiary/aromatic N) is 3. The fourth-order valence-electron chi connectivity index (χ4n) is 5.61. The van der Waals surface area contributed by atoms with E-state index in [2.05, 4.69) is 58.3 Å². The summed E-state index contributed by atoms with van der Waals surface area (Å²) in [6.45, 7) is 13.4. The maximum atomic E-state index is 12.4. The Balaban J connectivity index is 1.20. The zero-order valence-electron chi connectivity index (χ0n) is 32.8. The van der Waals surface area contributed by atoms with Crippen molar-refractivity contribution in [3.63, 3.8) is 0 Å². The molecule has 0 aliphatic carbocycles. The number of hydrazine groups is 1. The fourth-order valence-corrected chi connectivity index (χ4v) is 5.61. The van der Waals surface area contributed by atoms with E-state index < -0.39 is 17.9 Å². The zero-order chi connectivity index (χ0) is 41.0. The first-order valence-corrected chi connectivity index (χ1v) is 18.9. The number of azo groups is 1. The van der Waals surface area contributed by atoms with Gasteiger partial charge in [0.15, 0.2) is 0 Å². The second kappa shape index (κ2) is 22.7. The number of esters is 3. The number of phenols is 1. The standard InChI is InChI=1S/C45H51N5O7/c1-6-10-34(24-28-55-43(52)7-2)35-12-14-36(15-13-35)47-48-37-16-18-38(19-17-37)49-50-39-20-22-41(32(5)29-39)46-25-23-33-11-21-40(42(51)30-33)45(54)57-27-9-8-26-56-44(53)31(3)4/h7,11-22,25,29-30,34,49-51H,2-3,6,8-10,23-24,26-28H2,1,4-5H3/b46-25-,48-47+/t34-/m0/s1. The average molecular weight is 774 g/mol. The van der Waals surface area contributed by atoms with Gasteiger partial charge in [-0.2, -0.15) is 10.2 Å². The molecule has 0 unspecified atom stereocenters. The summed E-state index contributed by atoms with van der Waals surface area (Å²) >= 11 is 0. The lowest BCUT2D eigenvalue weighted by atomic mass is 9.91. The van der Waals surface area contributed by atoms with Crippen molar-refractivity contribution in [2.24, 2.45) is 15.2 Å². The van der Waals surface area contributed by atoms with Crippen LogP contribution in [-0.4, -0.2) is 49.0 Å².